The molecule has 10 atom stereocenters. The average Bonchev–Trinajstić information content (AvgIpc) is 4.02. The Morgan fingerprint density at radius 2 is 1.89 bits per heavy atom. The van der Waals surface area contributed by atoms with Crippen LogP contribution in [-0.2, 0) is 44.5 Å². The van der Waals surface area contributed by atoms with E-state index in [-0.39, 0.29) is 53.4 Å². The van der Waals surface area contributed by atoms with Gasteiger partial charge >= 0.3 is 12.1 Å². The Morgan fingerprint density at radius 1 is 1.14 bits per heavy atom. The number of nitrogens with zero attached hydrogens (tertiary/aromatic N) is 2. The van der Waals surface area contributed by atoms with Crippen molar-refractivity contribution in [2.24, 2.45) is 11.8 Å². The molecule has 1 aromatic carbocycles. The lowest BCUT2D eigenvalue weighted by molar-refractivity contribution is -0.157. The van der Waals surface area contributed by atoms with E-state index < -0.39 is 54.0 Å². The van der Waals surface area contributed by atoms with Gasteiger partial charge in [-0.2, -0.15) is 0 Å². The van der Waals surface area contributed by atoms with Crippen molar-refractivity contribution in [3.63, 3.8) is 0 Å². The molecule has 0 spiro atoms. The second-order valence-corrected chi connectivity index (χ2v) is 21.7. The largest absolute Gasteiger partial charge is 0.495 e. The highest BCUT2D eigenvalue weighted by molar-refractivity contribution is 8.76. The number of rotatable bonds is 15. The summed E-state index contributed by atoms with van der Waals surface area (Å²) in [5.74, 6) is 0.0589. The number of fused-ring (bicyclic) bond motifs is 5. The molecular formula is C48H71ClN4O10S2. The van der Waals surface area contributed by atoms with Crippen molar-refractivity contribution in [3.8, 4) is 5.75 Å². The average molecular weight is 964 g/mol. The highest BCUT2D eigenvalue weighted by Crippen LogP contribution is 2.49. The maximum Gasteiger partial charge on any atom is 0.407 e. The maximum atomic E-state index is 14.2. The first-order valence-electron chi connectivity index (χ1n) is 23.1. The highest BCUT2D eigenvalue weighted by atomic mass is 35.5. The van der Waals surface area contributed by atoms with Crippen LogP contribution < -0.4 is 20.3 Å². The number of ether oxygens (including phenoxy) is 5. The van der Waals surface area contributed by atoms with Gasteiger partial charge in [0.1, 0.15) is 35.1 Å². The highest BCUT2D eigenvalue weighted by Gasteiger charge is 2.63. The normalized spacial score (nSPS) is 30.2. The molecule has 2 saturated heterocycles. The molecule has 0 aromatic heterocycles. The number of benzene rings is 1. The van der Waals surface area contributed by atoms with Gasteiger partial charge in [0.05, 0.1) is 37.5 Å². The summed E-state index contributed by atoms with van der Waals surface area (Å²) >= 11 is 6.81. The number of amides is 4. The first-order chi connectivity index (χ1) is 31.0. The topological polar surface area (TPSA) is 165 Å². The number of allylic oxidation sites excluding steroid dienone is 3. The minimum absolute atomic E-state index is 0.113. The van der Waals surface area contributed by atoms with Gasteiger partial charge in [0, 0.05) is 63.4 Å². The van der Waals surface area contributed by atoms with Crippen molar-refractivity contribution in [2.45, 2.75) is 159 Å². The van der Waals surface area contributed by atoms with Crippen molar-refractivity contribution in [1.82, 2.24) is 15.5 Å². The summed E-state index contributed by atoms with van der Waals surface area (Å²) < 4.78 is 29.7. The summed E-state index contributed by atoms with van der Waals surface area (Å²) in [5.41, 5.74) is 1.16. The Bertz CT molecular complexity index is 1900. The number of likely N-dealkylation sites (N-methyl/N-ethyl adjacent to an activating group) is 1. The number of halogens is 1. The summed E-state index contributed by atoms with van der Waals surface area (Å²) in [6.45, 7) is 9.66. The van der Waals surface area contributed by atoms with Crippen LogP contribution in [0, 0.1) is 11.8 Å². The van der Waals surface area contributed by atoms with Crippen LogP contribution in [0.3, 0.4) is 0 Å². The predicted molar refractivity (Wildman–Crippen MR) is 257 cm³/mol. The number of anilines is 1. The van der Waals surface area contributed by atoms with Crippen LogP contribution in [0.4, 0.5) is 10.5 Å². The summed E-state index contributed by atoms with van der Waals surface area (Å²) in [7, 11) is 9.49. The molecule has 3 aliphatic heterocycles. The number of carbonyl (C=O) groups is 5. The van der Waals surface area contributed by atoms with Crippen LogP contribution in [-0.4, -0.2) is 123 Å². The summed E-state index contributed by atoms with van der Waals surface area (Å²) in [6.07, 6.45) is 11.6. The zero-order valence-electron chi connectivity index (χ0n) is 39.7. The molecule has 3 fully saturated rings. The number of nitrogens with one attached hydrogen (secondary N) is 2. The number of hydrogen-bond donors (Lipinski definition) is 2. The molecule has 362 valence electrons. The summed E-state index contributed by atoms with van der Waals surface area (Å²) in [6, 6.07) is 3.55. The van der Waals surface area contributed by atoms with Gasteiger partial charge in [-0.3, -0.25) is 19.2 Å². The molecule has 5 rings (SSSR count). The Hall–Kier alpha value is -3.44. The maximum absolute atomic E-state index is 14.2. The standard InChI is InChI=1S/C48H71ClN4O10S2/c1-10-32-15-11-12-16-34(23-32)50-41(54)19-18-30(3)65-64-21-20-42(55)52(6)28-44(57)62-40-27-43(56)53(7)36-24-33(25-39(60-9)45(36)49)22-29(2)14-13-17-37(59-8)35-26-38(61-47(58)51-35)31(4)46-48(40,5)63-46/h13-14,17,24-25,30-32,34-35,37-38,40,46H,10-12,15-16,18-23,26-28H2,1-9H3,(H,50,54)(H,51,58)/b17-13+,29-14+/t30?,31-,32?,34?,35?,37-,38?,40+,46?,48+/m1/s1. The van der Waals surface area contributed by atoms with Crippen molar-refractivity contribution < 1.29 is 47.7 Å². The SMILES string of the molecule is CCC1CCCCC(NC(=O)CCC(C)SSCCC(=O)N(C)CC(=O)O[C@H]2CC(=O)N(C)c3cc(cc(OC)c3Cl)C/C(C)=C/C=C/[C@@H](OC)C3CC(OC(=O)N3)[C@@H](C)C3O[C@]32C)C1. The molecule has 3 heterocycles. The molecule has 0 radical (unpaired) electrons. The number of epoxide rings is 1. The van der Waals surface area contributed by atoms with Crippen LogP contribution in [0.25, 0.3) is 0 Å². The van der Waals surface area contributed by atoms with Crippen molar-refractivity contribution >= 4 is 68.7 Å². The molecule has 2 N–H and O–H groups in total. The number of carbonyl (C=O) groups excluding carboxylic acids is 5. The van der Waals surface area contributed by atoms with E-state index in [1.54, 1.807) is 49.7 Å². The smallest absolute Gasteiger partial charge is 0.407 e. The van der Waals surface area contributed by atoms with Crippen LogP contribution >= 0.6 is 33.2 Å². The zero-order valence-corrected chi connectivity index (χ0v) is 42.0. The second kappa shape index (κ2) is 24.5. The van der Waals surface area contributed by atoms with Gasteiger partial charge in [-0.15, -0.1) is 0 Å². The van der Waals surface area contributed by atoms with Gasteiger partial charge in [-0.1, -0.05) is 103 Å². The van der Waals surface area contributed by atoms with E-state index in [1.165, 1.54) is 36.2 Å². The van der Waals surface area contributed by atoms with E-state index in [1.807, 2.05) is 44.2 Å². The first kappa shape index (κ1) is 52.5. The van der Waals surface area contributed by atoms with E-state index in [0.717, 1.165) is 36.8 Å². The number of alkyl carbamates (subject to hydrolysis) is 1. The molecule has 65 heavy (non-hydrogen) atoms. The van der Waals surface area contributed by atoms with Gasteiger partial charge in [-0.05, 0) is 63.1 Å². The number of methoxy groups -OCH3 is 2. The monoisotopic (exact) mass is 962 g/mol. The lowest BCUT2D eigenvalue weighted by Crippen LogP contribution is -2.53. The van der Waals surface area contributed by atoms with Gasteiger partial charge in [-0.25, -0.2) is 4.79 Å². The molecule has 1 saturated carbocycles. The molecule has 14 nitrogen and oxygen atoms in total. The van der Waals surface area contributed by atoms with E-state index in [0.29, 0.717) is 42.4 Å². The fourth-order valence-electron chi connectivity index (χ4n) is 9.16. The van der Waals surface area contributed by atoms with E-state index >= 15 is 0 Å². The van der Waals surface area contributed by atoms with E-state index in [2.05, 4.69) is 24.5 Å². The Kier molecular flexibility index (Phi) is 19.8. The first-order valence-corrected chi connectivity index (χ1v) is 25.9. The second-order valence-electron chi connectivity index (χ2n) is 18.4. The minimum atomic E-state index is -1.13. The van der Waals surface area contributed by atoms with Crippen LogP contribution in [0.2, 0.25) is 5.02 Å². The molecule has 4 aliphatic rings. The molecule has 4 bridgehead atoms. The van der Waals surface area contributed by atoms with Gasteiger partial charge in [0.15, 0.2) is 0 Å². The third-order valence-electron chi connectivity index (χ3n) is 13.3. The fraction of sp³-hybridized carbons (Fsp3) is 0.688. The fourth-order valence-corrected chi connectivity index (χ4v) is 11.8. The van der Waals surface area contributed by atoms with Gasteiger partial charge < -0.3 is 44.1 Å². The lowest BCUT2D eigenvalue weighted by Gasteiger charge is -2.36. The third-order valence-corrected chi connectivity index (χ3v) is 16.7. The number of esters is 1. The minimum Gasteiger partial charge on any atom is -0.495 e. The molecular weight excluding hydrogens is 892 g/mol. The quantitative estimate of drug-likeness (QED) is 0.0570. The number of hydrogen-bond acceptors (Lipinski definition) is 12. The predicted octanol–water partition coefficient (Wildman–Crippen LogP) is 8.22. The van der Waals surface area contributed by atoms with Crippen LogP contribution in [0.1, 0.15) is 111 Å². The molecule has 4 amide bonds. The van der Waals surface area contributed by atoms with Gasteiger partial charge in [0.2, 0.25) is 17.7 Å². The van der Waals surface area contributed by atoms with E-state index in [4.69, 9.17) is 35.3 Å². The van der Waals surface area contributed by atoms with Crippen molar-refractivity contribution in [1.29, 1.82) is 0 Å². The summed E-state index contributed by atoms with van der Waals surface area (Å²) in [5, 5.41) is 6.65. The summed E-state index contributed by atoms with van der Waals surface area (Å²) in [4.78, 5) is 69.6. The third kappa shape index (κ3) is 14.8. The van der Waals surface area contributed by atoms with Crippen LogP contribution in [0.5, 0.6) is 5.75 Å². The molecule has 1 aliphatic carbocycles. The van der Waals surface area contributed by atoms with Crippen molar-refractivity contribution in [3.05, 3.63) is 46.5 Å². The molecule has 17 heteroatoms. The Morgan fingerprint density at radius 3 is 2.62 bits per heavy atom. The van der Waals surface area contributed by atoms with Crippen LogP contribution in [0.15, 0.2) is 35.9 Å². The Balaban J connectivity index is 1.22. The van der Waals surface area contributed by atoms with E-state index in [9.17, 15) is 24.0 Å². The lowest BCUT2D eigenvalue weighted by atomic mass is 9.85. The Labute approximate surface area is 398 Å². The van der Waals surface area contributed by atoms with Crippen molar-refractivity contribution in [2.75, 3.05) is 45.5 Å². The zero-order chi connectivity index (χ0) is 47.4. The molecule has 6 unspecified atom stereocenters. The molecule has 1 aromatic rings. The van der Waals surface area contributed by atoms with Gasteiger partial charge in [0.25, 0.3) is 0 Å².